The first-order valence-electron chi connectivity index (χ1n) is 7.34. The van der Waals surface area contributed by atoms with E-state index in [1.165, 1.54) is 17.3 Å². The zero-order valence-corrected chi connectivity index (χ0v) is 13.2. The van der Waals surface area contributed by atoms with E-state index in [4.69, 9.17) is 9.47 Å². The molecule has 0 aromatic heterocycles. The molecule has 0 bridgehead atoms. The van der Waals surface area contributed by atoms with Crippen molar-refractivity contribution < 1.29 is 19.7 Å². The summed E-state index contributed by atoms with van der Waals surface area (Å²) in [5.41, 5.74) is 1.24. The topological polar surface area (TPSA) is 58.9 Å². The third-order valence-corrected chi connectivity index (χ3v) is 5.76. The maximum Gasteiger partial charge on any atom is 0.169 e. The van der Waals surface area contributed by atoms with Gasteiger partial charge in [-0.3, -0.25) is 0 Å². The Morgan fingerprint density at radius 1 is 1.24 bits per heavy atom. The molecule has 0 amide bonds. The number of thioether (sulfide) groups is 1. The summed E-state index contributed by atoms with van der Waals surface area (Å²) in [6, 6.07) is 10.2. The van der Waals surface area contributed by atoms with Gasteiger partial charge in [0.05, 0.1) is 12.7 Å². The average molecular weight is 310 g/mol. The molecule has 2 saturated heterocycles. The molecule has 116 valence electrons. The molecule has 4 unspecified atom stereocenters. The van der Waals surface area contributed by atoms with Gasteiger partial charge < -0.3 is 19.7 Å². The van der Waals surface area contributed by atoms with Crippen LogP contribution >= 0.6 is 11.8 Å². The lowest BCUT2D eigenvalue weighted by molar-refractivity contribution is -0.165. The van der Waals surface area contributed by atoms with Crippen LogP contribution in [0.3, 0.4) is 0 Å². The lowest BCUT2D eigenvalue weighted by Crippen LogP contribution is -2.44. The summed E-state index contributed by atoms with van der Waals surface area (Å²) < 4.78 is 11.5. The van der Waals surface area contributed by atoms with Crippen molar-refractivity contribution in [3.63, 3.8) is 0 Å². The molecule has 1 spiro atoms. The van der Waals surface area contributed by atoms with Crippen molar-refractivity contribution in [2.75, 3.05) is 6.61 Å². The molecule has 5 heteroatoms. The highest BCUT2D eigenvalue weighted by molar-refractivity contribution is 8.01. The van der Waals surface area contributed by atoms with Crippen LogP contribution in [0.15, 0.2) is 30.3 Å². The standard InChI is InChI=1S/C16H22O4S/c1-15(2)19-10-16(20-15)14(18)13(17)12(21-16)9-8-11-6-4-3-5-7-11/h3-7,12-14,17-18H,8-10H2,1-2H3. The zero-order valence-electron chi connectivity index (χ0n) is 12.4. The molecule has 2 heterocycles. The number of hydrogen-bond acceptors (Lipinski definition) is 5. The van der Waals surface area contributed by atoms with E-state index >= 15 is 0 Å². The molecule has 2 fully saturated rings. The number of benzene rings is 1. The third kappa shape index (κ3) is 2.98. The van der Waals surface area contributed by atoms with Crippen LogP contribution in [0.5, 0.6) is 0 Å². The van der Waals surface area contributed by atoms with Crippen LogP contribution in [-0.4, -0.2) is 45.0 Å². The van der Waals surface area contributed by atoms with E-state index in [1.54, 1.807) is 0 Å². The largest absolute Gasteiger partial charge is 0.389 e. The SMILES string of the molecule is CC1(C)OCC2(O1)SC(CCc1ccccc1)C(O)C2O. The van der Waals surface area contributed by atoms with Crippen LogP contribution in [0.4, 0.5) is 0 Å². The Morgan fingerprint density at radius 3 is 2.57 bits per heavy atom. The van der Waals surface area contributed by atoms with Crippen molar-refractivity contribution in [3.05, 3.63) is 35.9 Å². The fraction of sp³-hybridized carbons (Fsp3) is 0.625. The Balaban J connectivity index is 1.66. The van der Waals surface area contributed by atoms with E-state index in [0.717, 1.165) is 12.8 Å². The molecule has 4 atom stereocenters. The molecule has 2 aliphatic heterocycles. The summed E-state index contributed by atoms with van der Waals surface area (Å²) in [6.45, 7) is 3.97. The normalized spacial score (nSPS) is 38.2. The van der Waals surface area contributed by atoms with E-state index in [1.807, 2.05) is 32.0 Å². The first kappa shape index (κ1) is 15.3. The Bertz CT molecular complexity index is 492. The Labute approximate surface area is 129 Å². The van der Waals surface area contributed by atoms with E-state index in [-0.39, 0.29) is 5.25 Å². The second kappa shape index (κ2) is 5.56. The Hall–Kier alpha value is -0.590. The van der Waals surface area contributed by atoms with Crippen molar-refractivity contribution in [2.45, 2.75) is 54.9 Å². The molecule has 21 heavy (non-hydrogen) atoms. The van der Waals surface area contributed by atoms with Crippen molar-refractivity contribution in [1.82, 2.24) is 0 Å². The minimum absolute atomic E-state index is 0.0438. The molecule has 0 radical (unpaired) electrons. The quantitative estimate of drug-likeness (QED) is 0.893. The smallest absolute Gasteiger partial charge is 0.169 e. The van der Waals surface area contributed by atoms with Crippen LogP contribution in [0, 0.1) is 0 Å². The van der Waals surface area contributed by atoms with E-state index < -0.39 is 22.9 Å². The second-order valence-corrected chi connectivity index (χ2v) is 7.75. The van der Waals surface area contributed by atoms with E-state index in [0.29, 0.717) is 6.61 Å². The monoisotopic (exact) mass is 310 g/mol. The predicted octanol–water partition coefficient (Wildman–Crippen LogP) is 1.94. The van der Waals surface area contributed by atoms with Gasteiger partial charge in [-0.1, -0.05) is 30.3 Å². The van der Waals surface area contributed by atoms with Crippen molar-refractivity contribution in [3.8, 4) is 0 Å². The van der Waals surface area contributed by atoms with Gasteiger partial charge in [-0.05, 0) is 32.3 Å². The Kier molecular flexibility index (Phi) is 4.05. The minimum atomic E-state index is -0.912. The summed E-state index contributed by atoms with van der Waals surface area (Å²) in [4.78, 5) is -0.829. The van der Waals surface area contributed by atoms with Crippen molar-refractivity contribution in [1.29, 1.82) is 0 Å². The molecule has 2 N–H and O–H groups in total. The van der Waals surface area contributed by atoms with Crippen LogP contribution in [0.2, 0.25) is 0 Å². The highest BCUT2D eigenvalue weighted by atomic mass is 32.2. The second-order valence-electron chi connectivity index (χ2n) is 6.22. The maximum absolute atomic E-state index is 10.4. The van der Waals surface area contributed by atoms with Gasteiger partial charge in [0.1, 0.15) is 6.10 Å². The number of hydrogen-bond donors (Lipinski definition) is 2. The van der Waals surface area contributed by atoms with Gasteiger partial charge in [-0.15, -0.1) is 11.8 Å². The van der Waals surface area contributed by atoms with Gasteiger partial charge >= 0.3 is 0 Å². The van der Waals surface area contributed by atoms with E-state index in [2.05, 4.69) is 12.1 Å². The van der Waals surface area contributed by atoms with Crippen molar-refractivity contribution >= 4 is 11.8 Å². The lowest BCUT2D eigenvalue weighted by atomic mass is 10.0. The minimum Gasteiger partial charge on any atom is -0.389 e. The molecular weight excluding hydrogens is 288 g/mol. The number of aliphatic hydroxyl groups excluding tert-OH is 2. The van der Waals surface area contributed by atoms with Crippen LogP contribution in [0.25, 0.3) is 0 Å². The summed E-state index contributed by atoms with van der Waals surface area (Å²) in [5.74, 6) is -0.706. The molecule has 0 saturated carbocycles. The molecule has 2 aliphatic rings. The summed E-state index contributed by atoms with van der Waals surface area (Å²) in [5, 5.41) is 20.7. The van der Waals surface area contributed by atoms with Gasteiger partial charge in [-0.25, -0.2) is 0 Å². The number of aliphatic hydroxyl groups is 2. The number of rotatable bonds is 3. The molecule has 4 nitrogen and oxygen atoms in total. The van der Waals surface area contributed by atoms with Gasteiger partial charge in [0.15, 0.2) is 10.7 Å². The molecule has 1 aromatic rings. The van der Waals surface area contributed by atoms with Crippen LogP contribution in [0.1, 0.15) is 25.8 Å². The van der Waals surface area contributed by atoms with Gasteiger partial charge in [0.25, 0.3) is 0 Å². The Morgan fingerprint density at radius 2 is 1.95 bits per heavy atom. The fourth-order valence-electron chi connectivity index (χ4n) is 3.00. The van der Waals surface area contributed by atoms with Gasteiger partial charge in [0, 0.05) is 5.25 Å². The summed E-state index contributed by atoms with van der Waals surface area (Å²) >= 11 is 1.51. The van der Waals surface area contributed by atoms with Crippen molar-refractivity contribution in [2.24, 2.45) is 0 Å². The first-order valence-corrected chi connectivity index (χ1v) is 8.22. The molecular formula is C16H22O4S. The molecule has 1 aromatic carbocycles. The third-order valence-electron chi connectivity index (χ3n) is 4.11. The zero-order chi connectivity index (χ0) is 15.1. The summed E-state index contributed by atoms with van der Waals surface area (Å²) in [6.07, 6.45) is -0.0117. The lowest BCUT2D eigenvalue weighted by Gasteiger charge is -2.27. The predicted molar refractivity (Wildman–Crippen MR) is 82.0 cm³/mol. The summed E-state index contributed by atoms with van der Waals surface area (Å²) in [7, 11) is 0. The number of ether oxygens (including phenoxy) is 2. The first-order chi connectivity index (χ1) is 9.92. The number of aryl methyl sites for hydroxylation is 1. The van der Waals surface area contributed by atoms with Crippen LogP contribution in [-0.2, 0) is 15.9 Å². The maximum atomic E-state index is 10.4. The highest BCUT2D eigenvalue weighted by Gasteiger charge is 2.60. The van der Waals surface area contributed by atoms with Gasteiger partial charge in [-0.2, -0.15) is 0 Å². The molecule has 3 rings (SSSR count). The average Bonchev–Trinajstić information content (AvgIpc) is 2.90. The van der Waals surface area contributed by atoms with Crippen LogP contribution < -0.4 is 0 Å². The fourth-order valence-corrected chi connectivity index (χ4v) is 4.69. The highest BCUT2D eigenvalue weighted by Crippen LogP contribution is 2.51. The van der Waals surface area contributed by atoms with E-state index in [9.17, 15) is 10.2 Å². The molecule has 0 aliphatic carbocycles. The van der Waals surface area contributed by atoms with Gasteiger partial charge in [0.2, 0.25) is 0 Å².